The predicted molar refractivity (Wildman–Crippen MR) is 117 cm³/mol. The van der Waals surface area contributed by atoms with Gasteiger partial charge in [0.2, 0.25) is 5.91 Å². The Morgan fingerprint density at radius 1 is 1.09 bits per heavy atom. The number of nitrogens with zero attached hydrogens (tertiary/aromatic N) is 2. The molecule has 2 aromatic rings. The number of halogens is 3. The molecule has 0 saturated carbocycles. The molecule has 2 atom stereocenters. The number of rotatable bonds is 7. The Balaban J connectivity index is 2.12. The van der Waals surface area contributed by atoms with E-state index in [0.29, 0.717) is 36.5 Å². The van der Waals surface area contributed by atoms with Crippen LogP contribution >= 0.6 is 0 Å². The largest absolute Gasteiger partial charge is 0.497 e. The smallest absolute Gasteiger partial charge is 0.416 e. The van der Waals surface area contributed by atoms with Crippen LogP contribution in [0.25, 0.3) is 0 Å². The molecule has 0 bridgehead atoms. The maximum Gasteiger partial charge on any atom is 0.416 e. The van der Waals surface area contributed by atoms with Gasteiger partial charge >= 0.3 is 6.18 Å². The molecule has 0 saturated heterocycles. The summed E-state index contributed by atoms with van der Waals surface area (Å²) in [5.74, 6) is -0.338. The maximum absolute atomic E-state index is 13.7. The number of carbonyl (C=O) groups is 1. The summed E-state index contributed by atoms with van der Waals surface area (Å²) in [6.45, 7) is 1.13. The third-order valence-electron chi connectivity index (χ3n) is 5.87. The lowest BCUT2D eigenvalue weighted by Crippen LogP contribution is -2.42. The fraction of sp³-hybridized carbons (Fsp3) is 0.458. The van der Waals surface area contributed by atoms with Gasteiger partial charge in [0.25, 0.3) is 0 Å². The van der Waals surface area contributed by atoms with Gasteiger partial charge in [0.1, 0.15) is 5.75 Å². The monoisotopic (exact) mass is 450 g/mol. The second-order valence-corrected chi connectivity index (χ2v) is 8.28. The van der Waals surface area contributed by atoms with Crippen LogP contribution in [0.15, 0.2) is 42.5 Å². The summed E-state index contributed by atoms with van der Waals surface area (Å²) in [6.07, 6.45) is -4.16. The van der Waals surface area contributed by atoms with E-state index in [2.05, 4.69) is 0 Å². The van der Waals surface area contributed by atoms with Gasteiger partial charge in [0.05, 0.1) is 25.2 Å². The van der Waals surface area contributed by atoms with E-state index in [-0.39, 0.29) is 18.4 Å². The summed E-state index contributed by atoms with van der Waals surface area (Å²) in [6, 6.07) is 11.0. The Kier molecular flexibility index (Phi) is 7.46. The summed E-state index contributed by atoms with van der Waals surface area (Å²) in [5.41, 5.74) is 1.18. The quantitative estimate of drug-likeness (QED) is 0.634. The third-order valence-corrected chi connectivity index (χ3v) is 5.87. The van der Waals surface area contributed by atoms with Gasteiger partial charge in [-0.15, -0.1) is 0 Å². The van der Waals surface area contributed by atoms with Gasteiger partial charge in [-0.2, -0.15) is 13.2 Å². The molecule has 174 valence electrons. The predicted octanol–water partition coefficient (Wildman–Crippen LogP) is 4.21. The fourth-order valence-corrected chi connectivity index (χ4v) is 4.16. The van der Waals surface area contributed by atoms with Crippen molar-refractivity contribution in [2.45, 2.75) is 18.5 Å². The van der Waals surface area contributed by atoms with Gasteiger partial charge in [-0.1, -0.05) is 12.1 Å². The zero-order valence-electron chi connectivity index (χ0n) is 18.8. The van der Waals surface area contributed by atoms with E-state index < -0.39 is 17.7 Å². The molecule has 0 aliphatic carbocycles. The van der Waals surface area contributed by atoms with E-state index in [9.17, 15) is 18.0 Å². The van der Waals surface area contributed by atoms with E-state index in [1.807, 2.05) is 31.1 Å². The Morgan fingerprint density at radius 2 is 1.78 bits per heavy atom. The lowest BCUT2D eigenvalue weighted by atomic mass is 9.82. The molecule has 0 aromatic heterocycles. The average molecular weight is 451 g/mol. The Hall–Kier alpha value is -2.58. The second kappa shape index (κ2) is 9.92. The summed E-state index contributed by atoms with van der Waals surface area (Å²) >= 11 is 0. The van der Waals surface area contributed by atoms with Gasteiger partial charge in [-0.05, 0) is 62.0 Å². The van der Waals surface area contributed by atoms with Crippen LogP contribution in [0.2, 0.25) is 0 Å². The topological polar surface area (TPSA) is 42.0 Å². The van der Waals surface area contributed by atoms with Crippen LogP contribution in [0.5, 0.6) is 5.75 Å². The molecule has 2 aromatic carbocycles. The Bertz CT molecular complexity index is 929. The van der Waals surface area contributed by atoms with Crippen molar-refractivity contribution in [3.05, 3.63) is 59.2 Å². The molecule has 32 heavy (non-hydrogen) atoms. The molecule has 5 nitrogen and oxygen atoms in total. The first-order valence-electron chi connectivity index (χ1n) is 10.4. The van der Waals surface area contributed by atoms with Crippen molar-refractivity contribution >= 4 is 11.6 Å². The van der Waals surface area contributed by atoms with Crippen LogP contribution < -0.4 is 9.64 Å². The minimum absolute atomic E-state index is 0.145. The highest BCUT2D eigenvalue weighted by molar-refractivity contribution is 5.97. The molecule has 0 fully saturated rings. The van der Waals surface area contributed by atoms with E-state index in [4.69, 9.17) is 9.47 Å². The second-order valence-electron chi connectivity index (χ2n) is 8.28. The van der Waals surface area contributed by atoms with Crippen molar-refractivity contribution in [1.29, 1.82) is 0 Å². The number of hydrogen-bond acceptors (Lipinski definition) is 4. The van der Waals surface area contributed by atoms with Crippen molar-refractivity contribution in [3.8, 4) is 5.75 Å². The van der Waals surface area contributed by atoms with Crippen LogP contribution in [0.3, 0.4) is 0 Å². The highest BCUT2D eigenvalue weighted by Crippen LogP contribution is 2.41. The number of alkyl halides is 3. The molecule has 0 unspecified atom stereocenters. The molecule has 3 rings (SSSR count). The van der Waals surface area contributed by atoms with Crippen molar-refractivity contribution in [2.24, 2.45) is 5.92 Å². The molecular weight excluding hydrogens is 421 g/mol. The molecule has 1 aliphatic heterocycles. The number of amides is 1. The fourth-order valence-electron chi connectivity index (χ4n) is 4.16. The van der Waals surface area contributed by atoms with Crippen molar-refractivity contribution in [1.82, 2.24) is 4.90 Å². The number of likely N-dealkylation sites (N-methyl/N-ethyl adjacent to an activating group) is 1. The lowest BCUT2D eigenvalue weighted by molar-refractivity contribution is -0.137. The molecule has 0 spiro atoms. The van der Waals surface area contributed by atoms with Crippen LogP contribution in [-0.2, 0) is 22.1 Å². The first-order valence-corrected chi connectivity index (χ1v) is 10.4. The first-order chi connectivity index (χ1) is 15.2. The average Bonchev–Trinajstić information content (AvgIpc) is 2.86. The summed E-state index contributed by atoms with van der Waals surface area (Å²) in [4.78, 5) is 17.2. The highest BCUT2D eigenvalue weighted by atomic mass is 19.4. The molecule has 8 heteroatoms. The summed E-state index contributed by atoms with van der Waals surface area (Å²) in [5, 5.41) is 0. The van der Waals surface area contributed by atoms with E-state index >= 15 is 0 Å². The van der Waals surface area contributed by atoms with Gasteiger partial charge in [0, 0.05) is 31.8 Å². The van der Waals surface area contributed by atoms with Crippen LogP contribution in [0.1, 0.15) is 22.6 Å². The van der Waals surface area contributed by atoms with Gasteiger partial charge in [-0.25, -0.2) is 0 Å². The zero-order chi connectivity index (χ0) is 23.5. The van der Waals surface area contributed by atoms with E-state index in [1.54, 1.807) is 24.1 Å². The minimum Gasteiger partial charge on any atom is -0.497 e. The number of hydrogen-bond donors (Lipinski definition) is 0. The number of fused-ring (bicyclic) bond motifs is 1. The van der Waals surface area contributed by atoms with Crippen molar-refractivity contribution in [3.63, 3.8) is 0 Å². The number of carbonyl (C=O) groups excluding carboxylic acids is 1. The maximum atomic E-state index is 13.7. The molecular formula is C24H29F3N2O3. The van der Waals surface area contributed by atoms with Gasteiger partial charge in [-0.3, -0.25) is 4.79 Å². The van der Waals surface area contributed by atoms with E-state index in [0.717, 1.165) is 11.6 Å². The third kappa shape index (κ3) is 5.24. The van der Waals surface area contributed by atoms with Crippen molar-refractivity contribution < 1.29 is 27.4 Å². The first kappa shape index (κ1) is 24.1. The summed E-state index contributed by atoms with van der Waals surface area (Å²) in [7, 11) is 6.88. The van der Waals surface area contributed by atoms with Crippen LogP contribution in [0.4, 0.5) is 18.9 Å². The Morgan fingerprint density at radius 3 is 2.34 bits per heavy atom. The number of anilines is 1. The number of ether oxygens (including phenoxy) is 2. The highest BCUT2D eigenvalue weighted by Gasteiger charge is 2.39. The van der Waals surface area contributed by atoms with Crippen molar-refractivity contribution in [2.75, 3.05) is 52.9 Å². The standard InChI is InChI=1S/C24H29F3N2O3/c1-28(2)11-12-29-22-10-7-18(24(25,26)27)13-17(22)14-20(21(15-31-3)23(29)30)16-5-8-19(32-4)9-6-16/h5-10,13,20-21H,11-12,14-15H2,1-4H3/t20-,21+/m1/s1. The van der Waals surface area contributed by atoms with Gasteiger partial charge < -0.3 is 19.3 Å². The number of benzene rings is 2. The summed E-state index contributed by atoms with van der Waals surface area (Å²) < 4.78 is 51.0. The molecule has 0 radical (unpaired) electrons. The zero-order valence-corrected chi connectivity index (χ0v) is 18.8. The normalized spacial score (nSPS) is 19.1. The molecule has 1 aliphatic rings. The Labute approximate surface area is 186 Å². The minimum atomic E-state index is -4.46. The van der Waals surface area contributed by atoms with E-state index in [1.165, 1.54) is 19.2 Å². The van der Waals surface area contributed by atoms with Crippen LogP contribution in [-0.4, -0.2) is 58.8 Å². The lowest BCUT2D eigenvalue weighted by Gasteiger charge is -2.29. The number of methoxy groups -OCH3 is 2. The SMILES string of the molecule is COC[C@@H]1C(=O)N(CCN(C)C)c2ccc(C(F)(F)F)cc2C[C@@H]1c1ccc(OC)cc1. The van der Waals surface area contributed by atoms with Gasteiger partial charge in [0.15, 0.2) is 0 Å². The molecule has 0 N–H and O–H groups in total. The molecule has 1 amide bonds. The molecule has 1 heterocycles. The van der Waals surface area contributed by atoms with Crippen LogP contribution in [0, 0.1) is 5.92 Å².